The van der Waals surface area contributed by atoms with E-state index in [9.17, 15) is 19.5 Å². The van der Waals surface area contributed by atoms with Crippen molar-refractivity contribution in [1.29, 1.82) is 0 Å². The highest BCUT2D eigenvalue weighted by atomic mass is 35.5. The third kappa shape index (κ3) is 6.96. The zero-order valence-corrected chi connectivity index (χ0v) is 33.3. The van der Waals surface area contributed by atoms with Crippen LogP contribution in [0.15, 0.2) is 109 Å². The smallest absolute Gasteiger partial charge is 0.264 e. The van der Waals surface area contributed by atoms with Crippen LogP contribution in [0.1, 0.15) is 47.2 Å². The third-order valence-corrected chi connectivity index (χ3v) is 14.2. The lowest BCUT2D eigenvalue weighted by molar-refractivity contribution is -0.146. The quantitative estimate of drug-likeness (QED) is 0.0964. The number of aromatic nitrogens is 4. The number of anilines is 2. The van der Waals surface area contributed by atoms with Crippen molar-refractivity contribution < 1.29 is 24.2 Å². The molecule has 2 amide bonds. The first-order chi connectivity index (χ1) is 27.0. The zero-order chi connectivity index (χ0) is 39.2. The van der Waals surface area contributed by atoms with E-state index in [1.54, 1.807) is 15.6 Å². The number of ether oxygens (including phenoxy) is 1. The number of rotatable bonds is 12. The van der Waals surface area contributed by atoms with Gasteiger partial charge in [0.2, 0.25) is 5.91 Å². The predicted octanol–water partition coefficient (Wildman–Crippen LogP) is 7.15. The van der Waals surface area contributed by atoms with Crippen molar-refractivity contribution in [3.05, 3.63) is 142 Å². The summed E-state index contributed by atoms with van der Waals surface area (Å²) in [5, 5.41) is 23.4. The molecule has 0 saturated carbocycles. The molecule has 11 nitrogen and oxygen atoms in total. The Balaban J connectivity index is 1.00. The molecule has 2 aliphatic heterocycles. The molecule has 2 aromatic heterocycles. The SMILES string of the molecule is C[C@@H]1[C@@H]([Si](C)(C)O)[C@H](CCn2cc(C(CO)c3ccccc3)nn2)O[C@@]12C(=O)N(Cc1ccc(NC(=O)Cc3c[nH]c4ccccc34)cc1)c1ccc(Cl)cc12. The summed E-state index contributed by atoms with van der Waals surface area (Å²) < 4.78 is 8.74. The first-order valence-electron chi connectivity index (χ1n) is 19.0. The number of fused-ring (bicyclic) bond motifs is 3. The molecule has 1 saturated heterocycles. The van der Waals surface area contributed by atoms with E-state index in [1.807, 2.05) is 123 Å². The van der Waals surface area contributed by atoms with Gasteiger partial charge in [-0.05, 0) is 72.6 Å². The van der Waals surface area contributed by atoms with Crippen LogP contribution in [-0.2, 0) is 39.4 Å². The van der Waals surface area contributed by atoms with Crippen LogP contribution in [0.3, 0.4) is 0 Å². The van der Waals surface area contributed by atoms with Crippen LogP contribution < -0.4 is 10.2 Å². The lowest BCUT2D eigenvalue weighted by atomic mass is 9.82. The van der Waals surface area contributed by atoms with Gasteiger partial charge in [0, 0.05) is 57.6 Å². The van der Waals surface area contributed by atoms with Crippen molar-refractivity contribution in [1.82, 2.24) is 20.0 Å². The molecule has 13 heteroatoms. The van der Waals surface area contributed by atoms with Gasteiger partial charge in [0.25, 0.3) is 5.91 Å². The molecular formula is C43H45ClN6O5Si. The van der Waals surface area contributed by atoms with E-state index in [1.165, 1.54) is 0 Å². The monoisotopic (exact) mass is 788 g/mol. The molecule has 4 N–H and O–H groups in total. The Bertz CT molecular complexity index is 2380. The number of carbonyl (C=O) groups is 2. The van der Waals surface area contributed by atoms with Crippen LogP contribution in [0.5, 0.6) is 0 Å². The summed E-state index contributed by atoms with van der Waals surface area (Å²) in [5.74, 6) is -0.975. The second kappa shape index (κ2) is 15.1. The Morgan fingerprint density at radius 3 is 2.55 bits per heavy atom. The molecule has 288 valence electrons. The molecule has 4 heterocycles. The predicted molar refractivity (Wildman–Crippen MR) is 219 cm³/mol. The number of nitrogens with one attached hydrogen (secondary N) is 2. The minimum absolute atomic E-state index is 0.103. The van der Waals surface area contributed by atoms with Gasteiger partial charge in [-0.15, -0.1) is 5.10 Å². The van der Waals surface area contributed by atoms with Gasteiger partial charge in [-0.3, -0.25) is 14.3 Å². The number of amides is 2. The van der Waals surface area contributed by atoms with Crippen LogP contribution in [0.2, 0.25) is 23.7 Å². The van der Waals surface area contributed by atoms with Gasteiger partial charge in [-0.25, -0.2) is 0 Å². The highest BCUT2D eigenvalue weighted by Gasteiger charge is 2.66. The summed E-state index contributed by atoms with van der Waals surface area (Å²) in [6.07, 6.45) is 3.99. The van der Waals surface area contributed by atoms with Crippen molar-refractivity contribution in [3.63, 3.8) is 0 Å². The topological polar surface area (TPSA) is 146 Å². The maximum absolute atomic E-state index is 14.9. The van der Waals surface area contributed by atoms with Gasteiger partial charge in [-0.2, -0.15) is 0 Å². The number of halogens is 1. The van der Waals surface area contributed by atoms with Gasteiger partial charge in [0.1, 0.15) is 0 Å². The van der Waals surface area contributed by atoms with Crippen LogP contribution in [0.4, 0.5) is 11.4 Å². The summed E-state index contributed by atoms with van der Waals surface area (Å²) in [4.78, 5) is 44.6. The van der Waals surface area contributed by atoms with Crippen LogP contribution in [0.25, 0.3) is 10.9 Å². The number of nitrogens with zero attached hydrogens (tertiary/aromatic N) is 4. The molecule has 1 spiro atoms. The molecule has 5 atom stereocenters. The number of aliphatic hydroxyl groups is 1. The third-order valence-electron chi connectivity index (χ3n) is 11.5. The number of aliphatic hydroxyl groups excluding tert-OH is 1. The van der Waals surface area contributed by atoms with Gasteiger partial charge < -0.3 is 29.8 Å². The van der Waals surface area contributed by atoms with Crippen LogP contribution in [0, 0.1) is 5.92 Å². The van der Waals surface area contributed by atoms with Gasteiger partial charge in [0.15, 0.2) is 13.9 Å². The number of hydrogen-bond donors (Lipinski definition) is 4. The maximum Gasteiger partial charge on any atom is 0.264 e. The van der Waals surface area contributed by atoms with Gasteiger partial charge in [-0.1, -0.05) is 84.4 Å². The molecule has 56 heavy (non-hydrogen) atoms. The van der Waals surface area contributed by atoms with Crippen molar-refractivity contribution in [2.75, 3.05) is 16.8 Å². The van der Waals surface area contributed by atoms with Crippen molar-refractivity contribution >= 4 is 54.0 Å². The standard InChI is InChI=1S/C43H45ClN6O5Si/c1-27-41(56(2,3)54)39(19-20-49-25-37(47-48-49)34(26-51)29-9-5-4-6-10-29)55-43(27)35-22-31(44)15-18-38(35)50(42(43)53)24-28-13-16-32(17-14-28)46-40(52)21-30-23-45-36-12-8-7-11-33(30)36/h4-18,22-23,25,27,34,39,41,45,51,54H,19-21,24,26H2,1-3H3,(H,46,52)/t27-,34?,39+,41-,43+/m1/s1. The summed E-state index contributed by atoms with van der Waals surface area (Å²) in [5.41, 5.74) is 4.87. The normalized spacial score (nSPS) is 21.2. The van der Waals surface area contributed by atoms with E-state index in [-0.39, 0.29) is 48.8 Å². The largest absolute Gasteiger partial charge is 0.432 e. The Hall–Kier alpha value is -5.11. The summed E-state index contributed by atoms with van der Waals surface area (Å²) in [6, 6.07) is 30.6. The van der Waals surface area contributed by atoms with E-state index in [0.717, 1.165) is 33.3 Å². The summed E-state index contributed by atoms with van der Waals surface area (Å²) >= 11 is 6.61. The van der Waals surface area contributed by atoms with Crippen LogP contribution >= 0.6 is 11.6 Å². The van der Waals surface area contributed by atoms with E-state index in [2.05, 4.69) is 20.6 Å². The lowest BCUT2D eigenvalue weighted by Crippen LogP contribution is -2.46. The molecular weight excluding hydrogens is 744 g/mol. The molecule has 6 aromatic rings. The molecule has 0 bridgehead atoms. The van der Waals surface area contributed by atoms with Gasteiger partial charge in [0.05, 0.1) is 43.0 Å². The molecule has 4 aromatic carbocycles. The highest BCUT2D eigenvalue weighted by Crippen LogP contribution is 2.60. The van der Waals surface area contributed by atoms with E-state index < -0.39 is 20.0 Å². The number of benzene rings is 4. The average Bonchev–Trinajstić information content (AvgIpc) is 3.94. The first-order valence-corrected chi connectivity index (χ1v) is 22.4. The second-order valence-corrected chi connectivity index (χ2v) is 19.9. The fraction of sp³-hybridized carbons (Fsp3) is 0.302. The van der Waals surface area contributed by atoms with Gasteiger partial charge >= 0.3 is 0 Å². The molecule has 1 fully saturated rings. The number of H-pyrrole nitrogens is 1. The number of aromatic amines is 1. The maximum atomic E-state index is 14.9. The Morgan fingerprint density at radius 1 is 1.05 bits per heavy atom. The van der Waals surface area contributed by atoms with Crippen molar-refractivity contribution in [2.24, 2.45) is 5.92 Å². The minimum Gasteiger partial charge on any atom is -0.432 e. The molecule has 0 radical (unpaired) electrons. The van der Waals surface area contributed by atoms with Crippen molar-refractivity contribution in [2.45, 2.75) is 69.1 Å². The molecule has 8 rings (SSSR count). The molecule has 1 unspecified atom stereocenters. The average molecular weight is 789 g/mol. The zero-order valence-electron chi connectivity index (χ0n) is 31.5. The molecule has 0 aliphatic carbocycles. The summed E-state index contributed by atoms with van der Waals surface area (Å²) in [7, 11) is -2.90. The lowest BCUT2D eigenvalue weighted by Gasteiger charge is -2.32. The molecule has 2 aliphatic rings. The fourth-order valence-corrected chi connectivity index (χ4v) is 11.7. The highest BCUT2D eigenvalue weighted by molar-refractivity contribution is 6.71. The Labute approximate surface area is 331 Å². The Morgan fingerprint density at radius 2 is 1.80 bits per heavy atom. The number of para-hydroxylation sites is 1. The number of aryl methyl sites for hydroxylation is 1. The summed E-state index contributed by atoms with van der Waals surface area (Å²) in [6.45, 7) is 6.43. The van der Waals surface area contributed by atoms with E-state index >= 15 is 0 Å². The van der Waals surface area contributed by atoms with Crippen LogP contribution in [-0.4, -0.2) is 62.7 Å². The Kier molecular flexibility index (Phi) is 10.2. The number of hydrogen-bond acceptors (Lipinski definition) is 7. The first kappa shape index (κ1) is 37.8. The second-order valence-electron chi connectivity index (χ2n) is 15.5. The minimum atomic E-state index is -2.90. The van der Waals surface area contributed by atoms with E-state index in [0.29, 0.717) is 34.9 Å². The number of carbonyl (C=O) groups excluding carboxylic acids is 2. The van der Waals surface area contributed by atoms with Crippen molar-refractivity contribution in [3.8, 4) is 0 Å². The fourth-order valence-electron chi connectivity index (χ4n) is 8.91. The van der Waals surface area contributed by atoms with E-state index in [4.69, 9.17) is 16.3 Å².